The Morgan fingerprint density at radius 3 is 2.76 bits per heavy atom. The van der Waals surface area contributed by atoms with E-state index in [1.807, 2.05) is 34.9 Å². The zero-order valence-corrected chi connectivity index (χ0v) is 14.2. The number of fused-ring (bicyclic) bond motifs is 2. The summed E-state index contributed by atoms with van der Waals surface area (Å²) in [6.45, 7) is 4.17. The Balaban J connectivity index is 1.91. The highest BCUT2D eigenvalue weighted by molar-refractivity contribution is 5.93. The van der Waals surface area contributed by atoms with E-state index in [-0.39, 0.29) is 18.6 Å². The molecule has 0 unspecified atom stereocenters. The minimum atomic E-state index is -0.0799. The largest absolute Gasteiger partial charge is 0.394 e. The smallest absolute Gasteiger partial charge is 0.197 e. The lowest BCUT2D eigenvalue weighted by atomic mass is 10.1. The Bertz CT molecular complexity index is 1040. The minimum absolute atomic E-state index is 0.0349. The molecule has 0 aliphatic carbocycles. The molecule has 0 amide bonds. The van der Waals surface area contributed by atoms with Gasteiger partial charge in [0.2, 0.25) is 0 Å². The van der Waals surface area contributed by atoms with Crippen molar-refractivity contribution in [3.05, 3.63) is 49.1 Å². The topological polar surface area (TPSA) is 76.7 Å². The van der Waals surface area contributed by atoms with E-state index in [4.69, 9.17) is 4.98 Å². The number of aromatic nitrogens is 5. The van der Waals surface area contributed by atoms with E-state index in [9.17, 15) is 5.11 Å². The molecule has 0 bridgehead atoms. The fourth-order valence-corrected chi connectivity index (χ4v) is 3.13. The first-order chi connectivity index (χ1) is 12.2. The summed E-state index contributed by atoms with van der Waals surface area (Å²) in [6, 6.07) is 9.85. The molecule has 3 aromatic heterocycles. The van der Waals surface area contributed by atoms with Crippen LogP contribution in [0.5, 0.6) is 0 Å². The average Bonchev–Trinajstić information content (AvgIpc) is 3.04. The van der Waals surface area contributed by atoms with E-state index in [1.165, 1.54) is 0 Å². The van der Waals surface area contributed by atoms with Gasteiger partial charge in [-0.1, -0.05) is 32.0 Å². The Morgan fingerprint density at radius 2 is 1.96 bits per heavy atom. The summed E-state index contributed by atoms with van der Waals surface area (Å²) in [7, 11) is 0. The van der Waals surface area contributed by atoms with Crippen LogP contribution < -0.4 is 0 Å². The number of nitrogens with zero attached hydrogens (tertiary/aromatic N) is 5. The van der Waals surface area contributed by atoms with Gasteiger partial charge < -0.3 is 9.67 Å². The Hall–Kier alpha value is -2.86. The van der Waals surface area contributed by atoms with Gasteiger partial charge in [0, 0.05) is 17.1 Å². The second-order valence-electron chi connectivity index (χ2n) is 6.42. The van der Waals surface area contributed by atoms with Crippen molar-refractivity contribution in [1.29, 1.82) is 0 Å². The monoisotopic (exact) mass is 333 g/mol. The van der Waals surface area contributed by atoms with Gasteiger partial charge in [0.15, 0.2) is 11.3 Å². The van der Waals surface area contributed by atoms with Gasteiger partial charge in [-0.15, -0.1) is 0 Å². The van der Waals surface area contributed by atoms with Crippen molar-refractivity contribution in [2.75, 3.05) is 6.61 Å². The first kappa shape index (κ1) is 15.7. The fraction of sp³-hybridized carbons (Fsp3) is 0.263. The van der Waals surface area contributed by atoms with Crippen molar-refractivity contribution >= 4 is 22.2 Å². The van der Waals surface area contributed by atoms with Crippen LogP contribution >= 0.6 is 0 Å². The fourth-order valence-electron chi connectivity index (χ4n) is 3.13. The maximum absolute atomic E-state index is 9.75. The zero-order chi connectivity index (χ0) is 17.4. The number of hydrogen-bond donors (Lipinski definition) is 1. The van der Waals surface area contributed by atoms with Crippen molar-refractivity contribution in [3.63, 3.8) is 0 Å². The van der Waals surface area contributed by atoms with Gasteiger partial charge in [-0.25, -0.2) is 15.0 Å². The normalized spacial score (nSPS) is 13.0. The van der Waals surface area contributed by atoms with E-state index in [0.29, 0.717) is 11.3 Å². The average molecular weight is 333 g/mol. The van der Waals surface area contributed by atoms with Gasteiger partial charge >= 0.3 is 0 Å². The van der Waals surface area contributed by atoms with Crippen LogP contribution in [0, 0.1) is 5.92 Å². The first-order valence-corrected chi connectivity index (χ1v) is 8.33. The summed E-state index contributed by atoms with van der Waals surface area (Å²) in [5, 5.41) is 10.8. The van der Waals surface area contributed by atoms with Crippen LogP contribution in [0.1, 0.15) is 19.9 Å². The molecule has 0 aliphatic rings. The molecule has 6 heteroatoms. The summed E-state index contributed by atoms with van der Waals surface area (Å²) in [5.74, 6) is 0.259. The zero-order valence-electron chi connectivity index (χ0n) is 14.2. The van der Waals surface area contributed by atoms with Crippen molar-refractivity contribution < 1.29 is 5.11 Å². The van der Waals surface area contributed by atoms with Crippen LogP contribution in [0.2, 0.25) is 0 Å². The third-order valence-electron chi connectivity index (χ3n) is 4.52. The predicted octanol–water partition coefficient (Wildman–Crippen LogP) is 3.23. The molecule has 0 radical (unpaired) electrons. The van der Waals surface area contributed by atoms with Gasteiger partial charge in [0.25, 0.3) is 0 Å². The predicted molar refractivity (Wildman–Crippen MR) is 97.0 cm³/mol. The maximum atomic E-state index is 9.75. The second-order valence-corrected chi connectivity index (χ2v) is 6.42. The molecule has 0 saturated carbocycles. The summed E-state index contributed by atoms with van der Waals surface area (Å²) in [6.07, 6.45) is 5.23. The Kier molecular flexibility index (Phi) is 3.89. The van der Waals surface area contributed by atoms with Crippen molar-refractivity contribution in [3.8, 4) is 11.3 Å². The highest BCUT2D eigenvalue weighted by Gasteiger charge is 2.19. The van der Waals surface area contributed by atoms with Crippen molar-refractivity contribution in [2.24, 2.45) is 5.92 Å². The molecule has 0 fully saturated rings. The lowest BCUT2D eigenvalue weighted by molar-refractivity contribution is 0.195. The molecule has 1 aromatic carbocycles. The molecule has 0 aliphatic heterocycles. The van der Waals surface area contributed by atoms with E-state index in [1.54, 1.807) is 18.7 Å². The van der Waals surface area contributed by atoms with E-state index in [2.05, 4.69) is 28.8 Å². The van der Waals surface area contributed by atoms with Gasteiger partial charge in [-0.2, -0.15) is 0 Å². The standard InChI is InChI=1S/C19H19N5O/c1-12(2)17(10-25)24-11-22-18-19(24)23-16(9-21-18)14-5-3-7-15-13(14)6-4-8-20-15/h3-9,11-12,17,25H,10H2,1-2H3/t17-/m1/s1. The molecule has 1 N–H and O–H groups in total. The highest BCUT2D eigenvalue weighted by Crippen LogP contribution is 2.28. The summed E-state index contributed by atoms with van der Waals surface area (Å²) in [5.41, 5.74) is 3.95. The number of hydrogen-bond acceptors (Lipinski definition) is 5. The second kappa shape index (κ2) is 6.22. The molecule has 0 spiro atoms. The molecule has 1 atom stereocenters. The summed E-state index contributed by atoms with van der Waals surface area (Å²) >= 11 is 0. The van der Waals surface area contributed by atoms with Gasteiger partial charge in [0.1, 0.15) is 0 Å². The van der Waals surface area contributed by atoms with Crippen LogP contribution in [0.3, 0.4) is 0 Å². The highest BCUT2D eigenvalue weighted by atomic mass is 16.3. The quantitative estimate of drug-likeness (QED) is 0.620. The third kappa shape index (κ3) is 2.64. The number of pyridine rings is 1. The molecule has 25 heavy (non-hydrogen) atoms. The number of rotatable bonds is 4. The summed E-state index contributed by atoms with van der Waals surface area (Å²) < 4.78 is 1.92. The van der Waals surface area contributed by atoms with E-state index >= 15 is 0 Å². The van der Waals surface area contributed by atoms with Gasteiger partial charge in [-0.3, -0.25) is 4.98 Å². The minimum Gasteiger partial charge on any atom is -0.394 e. The maximum Gasteiger partial charge on any atom is 0.197 e. The van der Waals surface area contributed by atoms with Crippen LogP contribution in [0.15, 0.2) is 49.1 Å². The number of aliphatic hydroxyl groups is 1. The molecular weight excluding hydrogens is 314 g/mol. The van der Waals surface area contributed by atoms with Crippen molar-refractivity contribution in [2.45, 2.75) is 19.9 Å². The molecule has 126 valence electrons. The van der Waals surface area contributed by atoms with Gasteiger partial charge in [-0.05, 0) is 18.1 Å². The summed E-state index contributed by atoms with van der Waals surface area (Å²) in [4.78, 5) is 18.0. The lowest BCUT2D eigenvalue weighted by Crippen LogP contribution is -2.18. The molecule has 6 nitrogen and oxygen atoms in total. The van der Waals surface area contributed by atoms with Crippen LogP contribution in [0.4, 0.5) is 0 Å². The molecule has 4 aromatic rings. The molecule has 0 saturated heterocycles. The molecule has 3 heterocycles. The van der Waals surface area contributed by atoms with Crippen LogP contribution in [-0.4, -0.2) is 36.2 Å². The Morgan fingerprint density at radius 1 is 1.08 bits per heavy atom. The SMILES string of the molecule is CC(C)[C@@H](CO)n1cnc2ncc(-c3cccc4ncccc34)nc21. The molecule has 4 rings (SSSR count). The number of aliphatic hydroxyl groups excluding tert-OH is 1. The van der Waals surface area contributed by atoms with Crippen molar-refractivity contribution in [1.82, 2.24) is 24.5 Å². The number of benzene rings is 1. The first-order valence-electron chi connectivity index (χ1n) is 8.33. The van der Waals surface area contributed by atoms with Crippen LogP contribution in [0.25, 0.3) is 33.5 Å². The van der Waals surface area contributed by atoms with Crippen LogP contribution in [-0.2, 0) is 0 Å². The lowest BCUT2D eigenvalue weighted by Gasteiger charge is -2.20. The third-order valence-corrected chi connectivity index (χ3v) is 4.52. The number of imidazole rings is 1. The van der Waals surface area contributed by atoms with E-state index in [0.717, 1.165) is 22.2 Å². The van der Waals surface area contributed by atoms with E-state index < -0.39 is 0 Å². The molecular formula is C19H19N5O. The van der Waals surface area contributed by atoms with Gasteiger partial charge in [0.05, 0.1) is 36.4 Å². The Labute approximate surface area is 145 Å².